The Kier molecular flexibility index (Phi) is 2.46. The monoisotopic (exact) mass is 191 g/mol. The van der Waals surface area contributed by atoms with E-state index in [0.717, 1.165) is 18.7 Å². The summed E-state index contributed by atoms with van der Waals surface area (Å²) in [4.78, 5) is 0. The van der Waals surface area contributed by atoms with Crippen molar-refractivity contribution >= 4 is 0 Å². The number of benzene rings is 1. The predicted octanol–water partition coefficient (Wildman–Crippen LogP) is 2.20. The third-order valence-corrected chi connectivity index (χ3v) is 2.94. The summed E-state index contributed by atoms with van der Waals surface area (Å²) in [5.74, 6) is 1.48. The molecule has 1 saturated heterocycles. The third-order valence-electron chi connectivity index (χ3n) is 2.94. The molecular weight excluding hydrogens is 174 g/mol. The second-order valence-corrected chi connectivity index (χ2v) is 4.33. The van der Waals surface area contributed by atoms with Gasteiger partial charge in [-0.15, -0.1) is 0 Å². The van der Waals surface area contributed by atoms with E-state index in [1.807, 2.05) is 12.1 Å². The van der Waals surface area contributed by atoms with Crippen LogP contribution in [0.4, 0.5) is 0 Å². The van der Waals surface area contributed by atoms with Gasteiger partial charge in [0.05, 0.1) is 0 Å². The van der Waals surface area contributed by atoms with Gasteiger partial charge in [-0.2, -0.15) is 0 Å². The van der Waals surface area contributed by atoms with Crippen LogP contribution in [0.5, 0.6) is 5.75 Å². The number of aromatic hydroxyl groups is 1. The molecule has 1 aliphatic heterocycles. The molecule has 1 aliphatic rings. The van der Waals surface area contributed by atoms with E-state index in [9.17, 15) is 5.11 Å². The smallest absolute Gasteiger partial charge is 0.119 e. The first kappa shape index (κ1) is 9.53. The largest absolute Gasteiger partial charge is 0.508 e. The summed E-state index contributed by atoms with van der Waals surface area (Å²) in [5.41, 5.74) is 2.42. The van der Waals surface area contributed by atoms with Gasteiger partial charge < -0.3 is 10.4 Å². The van der Waals surface area contributed by atoms with E-state index in [4.69, 9.17) is 0 Å². The average Bonchev–Trinajstić information content (AvgIpc) is 2.05. The molecule has 2 nitrogen and oxygen atoms in total. The van der Waals surface area contributed by atoms with Crippen molar-refractivity contribution in [2.24, 2.45) is 0 Å². The molecule has 2 N–H and O–H groups in total. The van der Waals surface area contributed by atoms with Crippen LogP contribution in [0.1, 0.15) is 36.8 Å². The van der Waals surface area contributed by atoms with Gasteiger partial charge in [0, 0.05) is 19.0 Å². The summed E-state index contributed by atoms with van der Waals surface area (Å²) >= 11 is 0. The first-order valence-electron chi connectivity index (χ1n) is 5.22. The van der Waals surface area contributed by atoms with Crippen LogP contribution in [-0.2, 0) is 0 Å². The molecule has 2 rings (SSSR count). The molecule has 0 amide bonds. The predicted molar refractivity (Wildman–Crippen MR) is 57.8 cm³/mol. The molecule has 0 spiro atoms. The minimum Gasteiger partial charge on any atom is -0.508 e. The maximum Gasteiger partial charge on any atom is 0.119 e. The molecule has 1 heterocycles. The van der Waals surface area contributed by atoms with Gasteiger partial charge in [-0.05, 0) is 23.1 Å². The molecule has 0 unspecified atom stereocenters. The van der Waals surface area contributed by atoms with Crippen LogP contribution < -0.4 is 5.32 Å². The van der Waals surface area contributed by atoms with Gasteiger partial charge >= 0.3 is 0 Å². The second-order valence-electron chi connectivity index (χ2n) is 4.33. The Labute approximate surface area is 85.0 Å². The Morgan fingerprint density at radius 1 is 1.36 bits per heavy atom. The number of phenols is 1. The molecule has 0 saturated carbocycles. The molecule has 0 bridgehead atoms. The van der Waals surface area contributed by atoms with Crippen LogP contribution in [0.2, 0.25) is 0 Å². The Morgan fingerprint density at radius 2 is 2.07 bits per heavy atom. The second kappa shape index (κ2) is 3.62. The van der Waals surface area contributed by atoms with Crippen molar-refractivity contribution in [1.82, 2.24) is 5.32 Å². The van der Waals surface area contributed by atoms with Gasteiger partial charge in [-0.25, -0.2) is 0 Å². The fraction of sp³-hybridized carbons (Fsp3) is 0.500. The minimum absolute atomic E-state index is 0.445. The third kappa shape index (κ3) is 1.62. The molecule has 0 radical (unpaired) electrons. The Morgan fingerprint density at radius 3 is 2.57 bits per heavy atom. The van der Waals surface area contributed by atoms with Gasteiger partial charge in [0.1, 0.15) is 5.75 Å². The summed E-state index contributed by atoms with van der Waals surface area (Å²) in [6, 6.07) is 5.98. The molecule has 0 aromatic heterocycles. The van der Waals surface area contributed by atoms with Crippen molar-refractivity contribution in [3.63, 3.8) is 0 Å². The van der Waals surface area contributed by atoms with Crippen molar-refractivity contribution in [2.75, 3.05) is 13.1 Å². The van der Waals surface area contributed by atoms with Crippen molar-refractivity contribution in [3.8, 4) is 5.75 Å². The molecule has 1 aromatic carbocycles. The van der Waals surface area contributed by atoms with E-state index in [1.165, 1.54) is 5.56 Å². The summed E-state index contributed by atoms with van der Waals surface area (Å²) in [5, 5.41) is 12.9. The first-order valence-corrected chi connectivity index (χ1v) is 5.22. The van der Waals surface area contributed by atoms with E-state index >= 15 is 0 Å². The van der Waals surface area contributed by atoms with Gasteiger partial charge in [-0.1, -0.05) is 26.0 Å². The zero-order valence-corrected chi connectivity index (χ0v) is 8.75. The van der Waals surface area contributed by atoms with Crippen LogP contribution in [-0.4, -0.2) is 18.2 Å². The zero-order valence-electron chi connectivity index (χ0n) is 8.75. The van der Waals surface area contributed by atoms with Crippen LogP contribution in [0.15, 0.2) is 18.2 Å². The van der Waals surface area contributed by atoms with Crippen molar-refractivity contribution < 1.29 is 5.11 Å². The van der Waals surface area contributed by atoms with Crippen LogP contribution >= 0.6 is 0 Å². The van der Waals surface area contributed by atoms with E-state index in [0.29, 0.717) is 17.6 Å². The Balaban J connectivity index is 2.31. The van der Waals surface area contributed by atoms with Gasteiger partial charge in [-0.3, -0.25) is 0 Å². The topological polar surface area (TPSA) is 32.3 Å². The van der Waals surface area contributed by atoms with Crippen LogP contribution in [0.3, 0.4) is 0 Å². The van der Waals surface area contributed by atoms with Crippen molar-refractivity contribution in [3.05, 3.63) is 29.3 Å². The molecular formula is C12H17NO. The maximum atomic E-state index is 9.72. The zero-order chi connectivity index (χ0) is 10.1. The Hall–Kier alpha value is -1.02. The number of nitrogens with one attached hydrogen (secondary N) is 1. The lowest BCUT2D eigenvalue weighted by Crippen LogP contribution is -2.39. The van der Waals surface area contributed by atoms with E-state index in [-0.39, 0.29) is 0 Å². The molecule has 1 fully saturated rings. The quantitative estimate of drug-likeness (QED) is 0.751. The van der Waals surface area contributed by atoms with Crippen LogP contribution in [0.25, 0.3) is 0 Å². The summed E-state index contributed by atoms with van der Waals surface area (Å²) in [6.07, 6.45) is 0. The molecule has 14 heavy (non-hydrogen) atoms. The number of hydrogen-bond donors (Lipinski definition) is 2. The van der Waals surface area contributed by atoms with Gasteiger partial charge in [0.15, 0.2) is 0 Å². The molecule has 1 aromatic rings. The molecule has 2 heteroatoms. The lowest BCUT2D eigenvalue weighted by atomic mass is 9.89. The highest BCUT2D eigenvalue weighted by atomic mass is 16.3. The molecule has 0 aliphatic carbocycles. The normalized spacial score (nSPS) is 17.1. The van der Waals surface area contributed by atoms with Crippen LogP contribution in [0, 0.1) is 0 Å². The highest BCUT2D eigenvalue weighted by Gasteiger charge is 2.22. The SMILES string of the molecule is CC(C)c1ccc(O)c(C2CNC2)c1. The van der Waals surface area contributed by atoms with E-state index < -0.39 is 0 Å². The average molecular weight is 191 g/mol. The van der Waals surface area contributed by atoms with E-state index in [2.05, 4.69) is 25.2 Å². The summed E-state index contributed by atoms with van der Waals surface area (Å²) in [7, 11) is 0. The Bertz CT molecular complexity index is 329. The highest BCUT2D eigenvalue weighted by Crippen LogP contribution is 2.31. The summed E-state index contributed by atoms with van der Waals surface area (Å²) in [6.45, 7) is 6.34. The van der Waals surface area contributed by atoms with Gasteiger partial charge in [0.2, 0.25) is 0 Å². The van der Waals surface area contributed by atoms with Crippen molar-refractivity contribution in [1.29, 1.82) is 0 Å². The number of phenolic OH excluding ortho intramolecular Hbond substituents is 1. The fourth-order valence-corrected chi connectivity index (χ4v) is 1.77. The number of rotatable bonds is 2. The van der Waals surface area contributed by atoms with E-state index in [1.54, 1.807) is 0 Å². The highest BCUT2D eigenvalue weighted by molar-refractivity contribution is 5.41. The number of hydrogen-bond acceptors (Lipinski definition) is 2. The lowest BCUT2D eigenvalue weighted by Gasteiger charge is -2.28. The molecule has 76 valence electrons. The van der Waals surface area contributed by atoms with Gasteiger partial charge in [0.25, 0.3) is 0 Å². The lowest BCUT2D eigenvalue weighted by molar-refractivity contribution is 0.413. The summed E-state index contributed by atoms with van der Waals surface area (Å²) < 4.78 is 0. The standard InChI is InChI=1S/C12H17NO/c1-8(2)9-3-4-12(14)11(5-9)10-6-13-7-10/h3-5,8,10,13-14H,6-7H2,1-2H3. The first-order chi connectivity index (χ1) is 6.68. The molecule has 0 atom stereocenters. The minimum atomic E-state index is 0.445. The fourth-order valence-electron chi connectivity index (χ4n) is 1.77. The van der Waals surface area contributed by atoms with Crippen molar-refractivity contribution in [2.45, 2.75) is 25.7 Å². The maximum absolute atomic E-state index is 9.72.